The lowest BCUT2D eigenvalue weighted by molar-refractivity contribution is -0.141. The third-order valence-corrected chi connectivity index (χ3v) is 3.92. The van der Waals surface area contributed by atoms with Crippen LogP contribution in [-0.2, 0) is 28.8 Å². The van der Waals surface area contributed by atoms with Crippen molar-refractivity contribution in [1.29, 1.82) is 0 Å². The predicted octanol–water partition coefficient (Wildman–Crippen LogP) is 2.00. The second-order valence-corrected chi connectivity index (χ2v) is 5.76. The molecule has 0 N–H and O–H groups in total. The van der Waals surface area contributed by atoms with Crippen LogP contribution in [0.15, 0.2) is 6.20 Å². The van der Waals surface area contributed by atoms with Gasteiger partial charge in [0, 0.05) is 19.7 Å². The second-order valence-electron chi connectivity index (χ2n) is 5.76. The molecular formula is C15H18F3N5O2. The molecule has 0 atom stereocenters. The zero-order valence-corrected chi connectivity index (χ0v) is 13.7. The zero-order valence-electron chi connectivity index (χ0n) is 13.7. The van der Waals surface area contributed by atoms with Gasteiger partial charge in [-0.25, -0.2) is 15.0 Å². The molecule has 2 aromatic heterocycles. The number of ether oxygens (including phenoxy) is 1. The SMILES string of the molecule is CCCOCCC(=O)N1CCn2c(nc3nc(C(F)(F)F)cnc32)C1. The van der Waals surface area contributed by atoms with E-state index in [4.69, 9.17) is 4.74 Å². The number of aromatic nitrogens is 4. The molecule has 0 unspecified atom stereocenters. The van der Waals surface area contributed by atoms with Gasteiger partial charge in [0.2, 0.25) is 5.91 Å². The van der Waals surface area contributed by atoms with Crippen molar-refractivity contribution in [2.45, 2.75) is 39.0 Å². The van der Waals surface area contributed by atoms with Crippen molar-refractivity contribution in [2.24, 2.45) is 0 Å². The molecule has 136 valence electrons. The Kier molecular flexibility index (Phi) is 4.89. The van der Waals surface area contributed by atoms with E-state index in [1.807, 2.05) is 6.92 Å². The third kappa shape index (κ3) is 3.73. The molecule has 0 fully saturated rings. The molecule has 3 rings (SSSR count). The molecule has 0 bridgehead atoms. The van der Waals surface area contributed by atoms with Crippen molar-refractivity contribution in [3.8, 4) is 0 Å². The van der Waals surface area contributed by atoms with Gasteiger partial charge in [0.15, 0.2) is 17.0 Å². The highest BCUT2D eigenvalue weighted by atomic mass is 19.4. The highest BCUT2D eigenvalue weighted by Gasteiger charge is 2.34. The molecule has 2 aromatic rings. The van der Waals surface area contributed by atoms with Crippen LogP contribution < -0.4 is 0 Å². The molecule has 3 heterocycles. The van der Waals surface area contributed by atoms with Crippen molar-refractivity contribution in [3.05, 3.63) is 17.7 Å². The summed E-state index contributed by atoms with van der Waals surface area (Å²) in [6.07, 6.45) is -2.69. The van der Waals surface area contributed by atoms with Gasteiger partial charge < -0.3 is 14.2 Å². The minimum absolute atomic E-state index is 0.0506. The van der Waals surface area contributed by atoms with Gasteiger partial charge in [-0.1, -0.05) is 6.92 Å². The fraction of sp³-hybridized carbons (Fsp3) is 0.600. The number of amides is 1. The fourth-order valence-corrected chi connectivity index (χ4v) is 2.68. The van der Waals surface area contributed by atoms with Crippen LogP contribution in [-0.4, -0.2) is 50.1 Å². The summed E-state index contributed by atoms with van der Waals surface area (Å²) in [5.41, 5.74) is -0.816. The summed E-state index contributed by atoms with van der Waals surface area (Å²) in [6.45, 7) is 4.07. The Hall–Kier alpha value is -2.23. The van der Waals surface area contributed by atoms with E-state index in [0.29, 0.717) is 44.0 Å². The van der Waals surface area contributed by atoms with Crippen LogP contribution in [0.25, 0.3) is 11.3 Å². The van der Waals surface area contributed by atoms with Crippen LogP contribution in [0.3, 0.4) is 0 Å². The number of carbonyl (C=O) groups excluding carboxylic acids is 1. The lowest BCUT2D eigenvalue weighted by Crippen LogP contribution is -2.38. The fourth-order valence-electron chi connectivity index (χ4n) is 2.68. The molecule has 10 heteroatoms. The summed E-state index contributed by atoms with van der Waals surface area (Å²) in [4.78, 5) is 25.4. The molecule has 0 aromatic carbocycles. The van der Waals surface area contributed by atoms with E-state index in [0.717, 1.165) is 6.42 Å². The Bertz CT molecular complexity index is 774. The molecule has 7 nitrogen and oxygen atoms in total. The monoisotopic (exact) mass is 357 g/mol. The second kappa shape index (κ2) is 6.95. The predicted molar refractivity (Wildman–Crippen MR) is 81.5 cm³/mol. The number of fused-ring (bicyclic) bond motifs is 3. The van der Waals surface area contributed by atoms with Crippen LogP contribution in [0.5, 0.6) is 0 Å². The molecule has 25 heavy (non-hydrogen) atoms. The van der Waals surface area contributed by atoms with Gasteiger partial charge in [-0.3, -0.25) is 4.79 Å². The summed E-state index contributed by atoms with van der Waals surface area (Å²) in [5.74, 6) is 0.426. The quantitative estimate of drug-likeness (QED) is 0.766. The van der Waals surface area contributed by atoms with E-state index in [2.05, 4.69) is 15.0 Å². The first-order chi connectivity index (χ1) is 11.9. The van der Waals surface area contributed by atoms with Crippen molar-refractivity contribution in [2.75, 3.05) is 19.8 Å². The Morgan fingerprint density at radius 2 is 2.08 bits per heavy atom. The van der Waals surface area contributed by atoms with E-state index in [1.54, 1.807) is 9.47 Å². The molecular weight excluding hydrogens is 339 g/mol. The smallest absolute Gasteiger partial charge is 0.381 e. The maximum absolute atomic E-state index is 12.7. The maximum Gasteiger partial charge on any atom is 0.434 e. The molecule has 1 aliphatic rings. The first-order valence-corrected chi connectivity index (χ1v) is 8.05. The largest absolute Gasteiger partial charge is 0.434 e. The van der Waals surface area contributed by atoms with Gasteiger partial charge in [0.05, 0.1) is 25.8 Å². The van der Waals surface area contributed by atoms with Gasteiger partial charge in [0.25, 0.3) is 0 Å². The van der Waals surface area contributed by atoms with Gasteiger partial charge in [-0.05, 0) is 6.42 Å². The van der Waals surface area contributed by atoms with E-state index in [9.17, 15) is 18.0 Å². The van der Waals surface area contributed by atoms with Crippen LogP contribution in [0, 0.1) is 0 Å². The highest BCUT2D eigenvalue weighted by Crippen LogP contribution is 2.28. The molecule has 0 saturated carbocycles. The van der Waals surface area contributed by atoms with Crippen molar-refractivity contribution < 1.29 is 22.7 Å². The number of hydrogen-bond donors (Lipinski definition) is 0. The highest BCUT2D eigenvalue weighted by molar-refractivity contribution is 5.76. The average molecular weight is 357 g/mol. The first kappa shape index (κ1) is 17.6. The van der Waals surface area contributed by atoms with Crippen molar-refractivity contribution >= 4 is 17.2 Å². The Morgan fingerprint density at radius 3 is 2.80 bits per heavy atom. The van der Waals surface area contributed by atoms with Crippen molar-refractivity contribution in [1.82, 2.24) is 24.4 Å². The van der Waals surface area contributed by atoms with Crippen LogP contribution in [0.4, 0.5) is 13.2 Å². The molecule has 0 radical (unpaired) electrons. The molecule has 1 amide bonds. The minimum atomic E-state index is -4.56. The number of hydrogen-bond acceptors (Lipinski definition) is 5. The van der Waals surface area contributed by atoms with Crippen LogP contribution in [0.2, 0.25) is 0 Å². The van der Waals surface area contributed by atoms with Crippen molar-refractivity contribution in [3.63, 3.8) is 0 Å². The molecule has 0 saturated heterocycles. The lowest BCUT2D eigenvalue weighted by Gasteiger charge is -2.27. The number of halogens is 3. The first-order valence-electron chi connectivity index (χ1n) is 8.05. The average Bonchev–Trinajstić information content (AvgIpc) is 2.94. The van der Waals surface area contributed by atoms with E-state index in [-0.39, 0.29) is 24.5 Å². The van der Waals surface area contributed by atoms with E-state index in [1.165, 1.54) is 0 Å². The van der Waals surface area contributed by atoms with E-state index < -0.39 is 11.9 Å². The topological polar surface area (TPSA) is 73.1 Å². The summed E-state index contributed by atoms with van der Waals surface area (Å²) >= 11 is 0. The summed E-state index contributed by atoms with van der Waals surface area (Å²) in [7, 11) is 0. The zero-order chi connectivity index (χ0) is 18.0. The number of rotatable bonds is 5. The normalized spacial score (nSPS) is 14.8. The van der Waals surface area contributed by atoms with Gasteiger partial charge in [-0.15, -0.1) is 0 Å². The Labute approximate surface area is 141 Å². The van der Waals surface area contributed by atoms with Gasteiger partial charge in [0.1, 0.15) is 5.82 Å². The number of carbonyl (C=O) groups is 1. The van der Waals surface area contributed by atoms with Gasteiger partial charge >= 0.3 is 6.18 Å². The summed E-state index contributed by atoms with van der Waals surface area (Å²) in [5, 5.41) is 0. The minimum Gasteiger partial charge on any atom is -0.381 e. The maximum atomic E-state index is 12.7. The molecule has 0 spiro atoms. The molecule has 1 aliphatic heterocycles. The third-order valence-electron chi connectivity index (χ3n) is 3.92. The Balaban J connectivity index is 1.74. The Morgan fingerprint density at radius 1 is 1.28 bits per heavy atom. The number of alkyl halides is 3. The number of imidazole rings is 1. The summed E-state index contributed by atoms with van der Waals surface area (Å²) < 4.78 is 45.2. The van der Waals surface area contributed by atoms with E-state index >= 15 is 0 Å². The van der Waals surface area contributed by atoms with Crippen LogP contribution in [0.1, 0.15) is 31.3 Å². The van der Waals surface area contributed by atoms with Gasteiger partial charge in [-0.2, -0.15) is 13.2 Å². The summed E-state index contributed by atoms with van der Waals surface area (Å²) in [6, 6.07) is 0. The van der Waals surface area contributed by atoms with Crippen LogP contribution >= 0.6 is 0 Å². The molecule has 0 aliphatic carbocycles. The standard InChI is InChI=1S/C15H18F3N5O2/c1-2-6-25-7-3-12(24)22-4-5-23-11(9-22)21-13-14(23)19-8-10(20-13)15(16,17)18/h8H,2-7,9H2,1H3. The number of nitrogens with zero attached hydrogens (tertiary/aromatic N) is 5. The lowest BCUT2D eigenvalue weighted by atomic mass is 10.3.